The molecule has 0 saturated heterocycles. The predicted molar refractivity (Wildman–Crippen MR) is 63.8 cm³/mol. The normalized spacial score (nSPS) is 15.3. The summed E-state index contributed by atoms with van der Waals surface area (Å²) < 4.78 is 0. The third-order valence-electron chi connectivity index (χ3n) is 2.76. The molecule has 0 aliphatic rings. The molecule has 0 fully saturated rings. The van der Waals surface area contributed by atoms with Gasteiger partial charge in [0.2, 0.25) is 0 Å². The van der Waals surface area contributed by atoms with E-state index in [9.17, 15) is 5.11 Å². The number of rotatable bonds is 5. The Morgan fingerprint density at radius 1 is 1.27 bits per heavy atom. The first-order chi connectivity index (χ1) is 7.14. The van der Waals surface area contributed by atoms with Crippen LogP contribution < -0.4 is 5.32 Å². The third-order valence-corrected chi connectivity index (χ3v) is 2.76. The molecule has 1 atom stereocenters. The van der Waals surface area contributed by atoms with Crippen LogP contribution in [0.3, 0.4) is 0 Å². The Balaban J connectivity index is 3.00. The molecule has 0 aliphatic carbocycles. The Bertz CT molecular complexity index is 278. The van der Waals surface area contributed by atoms with Gasteiger partial charge in [0.05, 0.1) is 12.1 Å². The van der Waals surface area contributed by atoms with E-state index in [-0.39, 0.29) is 12.1 Å². The topological polar surface area (TPSA) is 32.3 Å². The summed E-state index contributed by atoms with van der Waals surface area (Å²) in [5.74, 6) is 0. The van der Waals surface area contributed by atoms with Crippen LogP contribution in [0.5, 0.6) is 0 Å². The van der Waals surface area contributed by atoms with E-state index >= 15 is 0 Å². The number of nitrogens with one attached hydrogen (secondary N) is 1. The second kappa shape index (κ2) is 5.29. The van der Waals surface area contributed by atoms with E-state index in [1.165, 1.54) is 0 Å². The van der Waals surface area contributed by atoms with Crippen LogP contribution in [0, 0.1) is 0 Å². The number of aliphatic hydroxyl groups excluding tert-OH is 1. The lowest BCUT2D eigenvalue weighted by molar-refractivity contribution is 0.146. The summed E-state index contributed by atoms with van der Waals surface area (Å²) >= 11 is 0. The van der Waals surface area contributed by atoms with Gasteiger partial charge in [0, 0.05) is 6.04 Å². The van der Waals surface area contributed by atoms with Crippen LogP contribution in [0.15, 0.2) is 30.3 Å². The van der Waals surface area contributed by atoms with Crippen molar-refractivity contribution in [2.24, 2.45) is 0 Å². The highest BCUT2D eigenvalue weighted by Crippen LogP contribution is 2.24. The molecule has 0 heterocycles. The second-order valence-electron chi connectivity index (χ2n) is 4.26. The number of hydrogen-bond acceptors (Lipinski definition) is 2. The van der Waals surface area contributed by atoms with Gasteiger partial charge >= 0.3 is 0 Å². The molecule has 0 bridgehead atoms. The van der Waals surface area contributed by atoms with Crippen molar-refractivity contribution in [2.75, 3.05) is 6.61 Å². The van der Waals surface area contributed by atoms with Crippen LogP contribution in [0.25, 0.3) is 0 Å². The van der Waals surface area contributed by atoms with Crippen molar-refractivity contribution in [1.29, 1.82) is 0 Å². The highest BCUT2D eigenvalue weighted by atomic mass is 16.3. The zero-order valence-corrected chi connectivity index (χ0v) is 9.83. The average Bonchev–Trinajstić information content (AvgIpc) is 2.27. The van der Waals surface area contributed by atoms with Gasteiger partial charge in [-0.15, -0.1) is 0 Å². The van der Waals surface area contributed by atoms with Crippen LogP contribution in [0.4, 0.5) is 0 Å². The molecule has 2 N–H and O–H groups in total. The number of benzene rings is 1. The van der Waals surface area contributed by atoms with Gasteiger partial charge in [-0.1, -0.05) is 37.3 Å². The SMILES string of the molecule is CCC(CO)(NC(C)C)c1ccccc1. The zero-order chi connectivity index (χ0) is 11.3. The molecule has 2 nitrogen and oxygen atoms in total. The monoisotopic (exact) mass is 207 g/mol. The Morgan fingerprint density at radius 2 is 1.87 bits per heavy atom. The van der Waals surface area contributed by atoms with Crippen LogP contribution in [-0.2, 0) is 5.54 Å². The highest BCUT2D eigenvalue weighted by Gasteiger charge is 2.29. The van der Waals surface area contributed by atoms with Gasteiger partial charge in [-0.3, -0.25) is 0 Å². The molecule has 0 radical (unpaired) electrons. The first-order valence-electron chi connectivity index (χ1n) is 5.58. The number of hydrogen-bond donors (Lipinski definition) is 2. The largest absolute Gasteiger partial charge is 0.394 e. The maximum atomic E-state index is 9.62. The van der Waals surface area contributed by atoms with Gasteiger partial charge in [-0.25, -0.2) is 0 Å². The fraction of sp³-hybridized carbons (Fsp3) is 0.538. The summed E-state index contributed by atoms with van der Waals surface area (Å²) in [7, 11) is 0. The van der Waals surface area contributed by atoms with Crippen LogP contribution in [-0.4, -0.2) is 17.8 Å². The Labute approximate surface area is 92.3 Å². The maximum absolute atomic E-state index is 9.62. The Morgan fingerprint density at radius 3 is 2.27 bits per heavy atom. The molecule has 0 saturated carbocycles. The highest BCUT2D eigenvalue weighted by molar-refractivity contribution is 5.24. The van der Waals surface area contributed by atoms with E-state index < -0.39 is 0 Å². The molecular weight excluding hydrogens is 186 g/mol. The third kappa shape index (κ3) is 2.80. The summed E-state index contributed by atoms with van der Waals surface area (Å²) in [5.41, 5.74) is 0.860. The van der Waals surface area contributed by atoms with Crippen LogP contribution in [0.1, 0.15) is 32.8 Å². The van der Waals surface area contributed by atoms with Gasteiger partial charge in [-0.2, -0.15) is 0 Å². The second-order valence-corrected chi connectivity index (χ2v) is 4.26. The Hall–Kier alpha value is -0.860. The fourth-order valence-electron chi connectivity index (χ4n) is 1.95. The first kappa shape index (κ1) is 12.2. The lowest BCUT2D eigenvalue weighted by Gasteiger charge is -2.34. The van der Waals surface area contributed by atoms with E-state index in [0.29, 0.717) is 6.04 Å². The first-order valence-corrected chi connectivity index (χ1v) is 5.58. The van der Waals surface area contributed by atoms with Gasteiger partial charge in [0.1, 0.15) is 0 Å². The fourth-order valence-corrected chi connectivity index (χ4v) is 1.95. The molecule has 1 rings (SSSR count). The van der Waals surface area contributed by atoms with Gasteiger partial charge < -0.3 is 10.4 Å². The molecule has 1 aromatic carbocycles. The van der Waals surface area contributed by atoms with E-state index in [4.69, 9.17) is 0 Å². The molecule has 0 spiro atoms. The minimum absolute atomic E-state index is 0.131. The number of aliphatic hydroxyl groups is 1. The molecule has 1 unspecified atom stereocenters. The maximum Gasteiger partial charge on any atom is 0.0668 e. The quantitative estimate of drug-likeness (QED) is 0.776. The molecule has 84 valence electrons. The summed E-state index contributed by atoms with van der Waals surface area (Å²) in [5, 5.41) is 13.1. The molecule has 0 aliphatic heterocycles. The van der Waals surface area contributed by atoms with Crippen molar-refractivity contribution < 1.29 is 5.11 Å². The van der Waals surface area contributed by atoms with Gasteiger partial charge in [0.15, 0.2) is 0 Å². The Kier molecular flexibility index (Phi) is 4.30. The summed E-state index contributed by atoms with van der Waals surface area (Å²) in [6.07, 6.45) is 0.881. The van der Waals surface area contributed by atoms with E-state index in [1.54, 1.807) is 0 Å². The summed E-state index contributed by atoms with van der Waals surface area (Å²) in [6, 6.07) is 10.5. The van der Waals surface area contributed by atoms with Gasteiger partial charge in [-0.05, 0) is 25.8 Å². The van der Waals surface area contributed by atoms with Crippen molar-refractivity contribution in [1.82, 2.24) is 5.32 Å². The zero-order valence-electron chi connectivity index (χ0n) is 9.83. The van der Waals surface area contributed by atoms with Gasteiger partial charge in [0.25, 0.3) is 0 Å². The van der Waals surface area contributed by atoms with Crippen molar-refractivity contribution >= 4 is 0 Å². The van der Waals surface area contributed by atoms with Crippen molar-refractivity contribution in [2.45, 2.75) is 38.8 Å². The van der Waals surface area contributed by atoms with Crippen LogP contribution in [0.2, 0.25) is 0 Å². The summed E-state index contributed by atoms with van der Waals surface area (Å²) in [6.45, 7) is 6.43. The lowest BCUT2D eigenvalue weighted by Crippen LogP contribution is -2.48. The molecule has 0 amide bonds. The standard InChI is InChI=1S/C13H21NO/c1-4-13(10-15,14-11(2)3)12-8-6-5-7-9-12/h5-9,11,14-15H,4,10H2,1-3H3. The smallest absolute Gasteiger partial charge is 0.0668 e. The molecular formula is C13H21NO. The van der Waals surface area contributed by atoms with Crippen molar-refractivity contribution in [3.63, 3.8) is 0 Å². The summed E-state index contributed by atoms with van der Waals surface area (Å²) in [4.78, 5) is 0. The average molecular weight is 207 g/mol. The molecule has 15 heavy (non-hydrogen) atoms. The van der Waals surface area contributed by atoms with Crippen molar-refractivity contribution in [3.05, 3.63) is 35.9 Å². The van der Waals surface area contributed by atoms with E-state index in [0.717, 1.165) is 12.0 Å². The minimum atomic E-state index is -0.296. The van der Waals surface area contributed by atoms with E-state index in [1.807, 2.05) is 18.2 Å². The van der Waals surface area contributed by atoms with Crippen LogP contribution >= 0.6 is 0 Å². The molecule has 1 aromatic rings. The van der Waals surface area contributed by atoms with E-state index in [2.05, 4.69) is 38.2 Å². The predicted octanol–water partition coefficient (Wildman–Crippen LogP) is 2.28. The minimum Gasteiger partial charge on any atom is -0.394 e. The molecule has 2 heteroatoms. The molecule has 0 aromatic heterocycles. The lowest BCUT2D eigenvalue weighted by atomic mass is 9.87. The van der Waals surface area contributed by atoms with Crippen molar-refractivity contribution in [3.8, 4) is 0 Å².